The highest BCUT2D eigenvalue weighted by molar-refractivity contribution is 5.69. The van der Waals surface area contributed by atoms with Crippen LogP contribution in [0, 0.1) is 20.8 Å². The maximum absolute atomic E-state index is 9.49. The first kappa shape index (κ1) is 10.7. The molecule has 0 aliphatic heterocycles. The maximum Gasteiger partial charge on any atom is 0.116 e. The molecule has 1 nitrogen and oxygen atoms in total. The Labute approximate surface area is 96.4 Å². The Kier molecular flexibility index (Phi) is 2.69. The lowest BCUT2D eigenvalue weighted by atomic mass is 9.95. The topological polar surface area (TPSA) is 20.2 Å². The molecule has 0 fully saturated rings. The van der Waals surface area contributed by atoms with E-state index < -0.39 is 0 Å². The molecule has 0 amide bonds. The van der Waals surface area contributed by atoms with Crippen LogP contribution < -0.4 is 0 Å². The van der Waals surface area contributed by atoms with Gasteiger partial charge in [0.25, 0.3) is 0 Å². The molecule has 2 rings (SSSR count). The van der Waals surface area contributed by atoms with Gasteiger partial charge < -0.3 is 5.11 Å². The van der Waals surface area contributed by atoms with Gasteiger partial charge in [-0.3, -0.25) is 0 Å². The van der Waals surface area contributed by atoms with Crippen LogP contribution in [0.4, 0.5) is 0 Å². The first-order chi connectivity index (χ1) is 7.58. The number of rotatable bonds is 1. The van der Waals surface area contributed by atoms with E-state index in [2.05, 4.69) is 32.9 Å². The highest BCUT2D eigenvalue weighted by Crippen LogP contribution is 2.28. The van der Waals surface area contributed by atoms with Crippen molar-refractivity contribution in [3.63, 3.8) is 0 Å². The predicted molar refractivity (Wildman–Crippen MR) is 67.8 cm³/mol. The van der Waals surface area contributed by atoms with Gasteiger partial charge >= 0.3 is 0 Å². The fourth-order valence-corrected chi connectivity index (χ4v) is 1.94. The summed E-state index contributed by atoms with van der Waals surface area (Å²) in [7, 11) is 0. The Morgan fingerprint density at radius 1 is 0.812 bits per heavy atom. The molecule has 0 spiro atoms. The Bertz CT molecular complexity index is 527. The zero-order chi connectivity index (χ0) is 11.7. The number of hydrogen-bond acceptors (Lipinski definition) is 1. The van der Waals surface area contributed by atoms with E-state index in [9.17, 15) is 5.11 Å². The molecule has 0 aromatic heterocycles. The van der Waals surface area contributed by atoms with Crippen molar-refractivity contribution < 1.29 is 5.11 Å². The minimum atomic E-state index is 0.315. The summed E-state index contributed by atoms with van der Waals surface area (Å²) in [4.78, 5) is 0. The average Bonchev–Trinajstić information content (AvgIpc) is 2.23. The molecule has 0 bridgehead atoms. The smallest absolute Gasteiger partial charge is 0.116 e. The fraction of sp³-hybridized carbons (Fsp3) is 0.200. The molecule has 16 heavy (non-hydrogen) atoms. The van der Waals surface area contributed by atoms with Gasteiger partial charge in [-0.25, -0.2) is 0 Å². The van der Waals surface area contributed by atoms with E-state index in [1.54, 1.807) is 12.1 Å². The van der Waals surface area contributed by atoms with Gasteiger partial charge in [0.15, 0.2) is 0 Å². The third-order valence-corrected chi connectivity index (χ3v) is 3.00. The van der Waals surface area contributed by atoms with Crippen LogP contribution in [0.25, 0.3) is 11.1 Å². The zero-order valence-corrected chi connectivity index (χ0v) is 9.91. The number of aromatic hydroxyl groups is 1. The number of aryl methyl sites for hydroxylation is 3. The normalized spacial score (nSPS) is 10.4. The summed E-state index contributed by atoms with van der Waals surface area (Å²) in [5, 5.41) is 9.49. The van der Waals surface area contributed by atoms with Crippen LogP contribution in [0.15, 0.2) is 36.4 Å². The molecule has 0 atom stereocenters. The van der Waals surface area contributed by atoms with Gasteiger partial charge in [-0.15, -0.1) is 0 Å². The molecule has 0 aliphatic rings. The summed E-state index contributed by atoms with van der Waals surface area (Å²) in [6, 6.07) is 11.8. The van der Waals surface area contributed by atoms with Crippen LogP contribution in [0.2, 0.25) is 0 Å². The van der Waals surface area contributed by atoms with Crippen LogP contribution in [0.1, 0.15) is 16.7 Å². The SMILES string of the molecule is Cc1cc(C)c(-c2cccc(O)c2)cc1C. The highest BCUT2D eigenvalue weighted by Gasteiger charge is 2.04. The van der Waals surface area contributed by atoms with Crippen LogP contribution in [-0.2, 0) is 0 Å². The second-order valence-corrected chi connectivity index (χ2v) is 4.30. The lowest BCUT2D eigenvalue weighted by molar-refractivity contribution is 0.475. The molecule has 0 radical (unpaired) electrons. The summed E-state index contributed by atoms with van der Waals surface area (Å²) >= 11 is 0. The van der Waals surface area contributed by atoms with Gasteiger partial charge in [-0.2, -0.15) is 0 Å². The number of hydrogen-bond donors (Lipinski definition) is 1. The van der Waals surface area contributed by atoms with E-state index in [0.29, 0.717) is 5.75 Å². The van der Waals surface area contributed by atoms with E-state index in [4.69, 9.17) is 0 Å². The maximum atomic E-state index is 9.49. The molecule has 0 aliphatic carbocycles. The number of phenolic OH excluding ortho intramolecular Hbond substituents is 1. The Morgan fingerprint density at radius 3 is 2.19 bits per heavy atom. The van der Waals surface area contributed by atoms with Crippen LogP contribution in [0.5, 0.6) is 5.75 Å². The van der Waals surface area contributed by atoms with Gasteiger partial charge in [-0.1, -0.05) is 24.3 Å². The third kappa shape index (κ3) is 1.94. The highest BCUT2D eigenvalue weighted by atomic mass is 16.3. The summed E-state index contributed by atoms with van der Waals surface area (Å²) in [6.45, 7) is 6.33. The lowest BCUT2D eigenvalue weighted by Crippen LogP contribution is -1.88. The van der Waals surface area contributed by atoms with E-state index in [-0.39, 0.29) is 0 Å². The van der Waals surface area contributed by atoms with Crippen LogP contribution >= 0.6 is 0 Å². The zero-order valence-electron chi connectivity index (χ0n) is 9.91. The van der Waals surface area contributed by atoms with Crippen molar-refractivity contribution in [1.29, 1.82) is 0 Å². The van der Waals surface area contributed by atoms with Gasteiger partial charge in [0, 0.05) is 0 Å². The molecular weight excluding hydrogens is 196 g/mol. The van der Waals surface area contributed by atoms with Crippen molar-refractivity contribution in [2.45, 2.75) is 20.8 Å². The summed E-state index contributed by atoms with van der Waals surface area (Å²) in [5.74, 6) is 0.315. The summed E-state index contributed by atoms with van der Waals surface area (Å²) < 4.78 is 0. The van der Waals surface area contributed by atoms with Crippen LogP contribution in [0.3, 0.4) is 0 Å². The monoisotopic (exact) mass is 212 g/mol. The van der Waals surface area contributed by atoms with Crippen molar-refractivity contribution >= 4 is 0 Å². The lowest BCUT2D eigenvalue weighted by Gasteiger charge is -2.10. The fourth-order valence-electron chi connectivity index (χ4n) is 1.94. The number of phenols is 1. The molecule has 0 saturated heterocycles. The predicted octanol–water partition coefficient (Wildman–Crippen LogP) is 3.98. The first-order valence-electron chi connectivity index (χ1n) is 5.45. The second-order valence-electron chi connectivity index (χ2n) is 4.30. The molecule has 0 saturated carbocycles. The number of benzene rings is 2. The molecule has 2 aromatic carbocycles. The van der Waals surface area contributed by atoms with E-state index in [1.165, 1.54) is 22.3 Å². The molecule has 2 aromatic rings. The van der Waals surface area contributed by atoms with Gasteiger partial charge in [0.1, 0.15) is 5.75 Å². The summed E-state index contributed by atoms with van der Waals surface area (Å²) in [5.41, 5.74) is 6.10. The largest absolute Gasteiger partial charge is 0.508 e. The van der Waals surface area contributed by atoms with Crippen molar-refractivity contribution in [3.8, 4) is 16.9 Å². The van der Waals surface area contributed by atoms with Crippen molar-refractivity contribution in [1.82, 2.24) is 0 Å². The van der Waals surface area contributed by atoms with Gasteiger partial charge in [0.2, 0.25) is 0 Å². The van der Waals surface area contributed by atoms with Crippen molar-refractivity contribution in [2.75, 3.05) is 0 Å². The van der Waals surface area contributed by atoms with E-state index in [0.717, 1.165) is 5.56 Å². The molecule has 1 heteroatoms. The van der Waals surface area contributed by atoms with Gasteiger partial charge in [0.05, 0.1) is 0 Å². The standard InChI is InChI=1S/C15H16O/c1-10-7-12(3)15(8-11(10)2)13-5-4-6-14(16)9-13/h4-9,16H,1-3H3. The Morgan fingerprint density at radius 2 is 1.50 bits per heavy atom. The van der Waals surface area contributed by atoms with Crippen molar-refractivity contribution in [2.24, 2.45) is 0 Å². The first-order valence-corrected chi connectivity index (χ1v) is 5.45. The quantitative estimate of drug-likeness (QED) is 0.758. The minimum absolute atomic E-state index is 0.315. The second kappa shape index (κ2) is 4.01. The summed E-state index contributed by atoms with van der Waals surface area (Å²) in [6.07, 6.45) is 0. The molecule has 0 heterocycles. The van der Waals surface area contributed by atoms with E-state index in [1.807, 2.05) is 12.1 Å². The Balaban J connectivity index is 2.60. The average molecular weight is 212 g/mol. The van der Waals surface area contributed by atoms with Crippen LogP contribution in [-0.4, -0.2) is 5.11 Å². The minimum Gasteiger partial charge on any atom is -0.508 e. The van der Waals surface area contributed by atoms with Crippen molar-refractivity contribution in [3.05, 3.63) is 53.1 Å². The molecular formula is C15H16O. The molecule has 0 unspecified atom stereocenters. The molecule has 1 N–H and O–H groups in total. The van der Waals surface area contributed by atoms with E-state index >= 15 is 0 Å². The Hall–Kier alpha value is -1.76. The third-order valence-electron chi connectivity index (χ3n) is 3.00. The van der Waals surface area contributed by atoms with Gasteiger partial charge in [-0.05, 0) is 60.7 Å². The molecule has 82 valence electrons.